The normalized spacial score (nSPS) is 11.3. The smallest absolute Gasteiger partial charge is 0.256 e. The molecule has 1 aromatic heterocycles. The third-order valence-corrected chi connectivity index (χ3v) is 4.13. The number of amides is 1. The van der Waals surface area contributed by atoms with Crippen LogP contribution in [0.2, 0.25) is 0 Å². The van der Waals surface area contributed by atoms with Crippen molar-refractivity contribution in [3.8, 4) is 0 Å². The molecule has 0 saturated carbocycles. The van der Waals surface area contributed by atoms with E-state index in [4.69, 9.17) is 0 Å². The standard InChI is InChI=1S/C17H19BrN2O/c1-11-9-15(19-10-14(11)18)20-16(21)12-5-7-13(8-6-12)17(2,3)4/h5-10H,1-4H3,(H,19,20,21). The summed E-state index contributed by atoms with van der Waals surface area (Å²) in [6.07, 6.45) is 1.69. The molecular weight excluding hydrogens is 328 g/mol. The average Bonchev–Trinajstić information content (AvgIpc) is 2.42. The lowest BCUT2D eigenvalue weighted by Gasteiger charge is -2.19. The Morgan fingerprint density at radius 3 is 2.33 bits per heavy atom. The molecule has 1 heterocycles. The Morgan fingerprint density at radius 1 is 1.19 bits per heavy atom. The van der Waals surface area contributed by atoms with Crippen LogP contribution >= 0.6 is 15.9 Å². The molecule has 4 heteroatoms. The van der Waals surface area contributed by atoms with Crippen molar-refractivity contribution in [1.29, 1.82) is 0 Å². The Kier molecular flexibility index (Phi) is 4.47. The molecule has 3 nitrogen and oxygen atoms in total. The zero-order valence-corrected chi connectivity index (χ0v) is 14.3. The molecule has 1 N–H and O–H groups in total. The van der Waals surface area contributed by atoms with Crippen LogP contribution in [0.4, 0.5) is 5.82 Å². The highest BCUT2D eigenvalue weighted by Gasteiger charge is 2.14. The molecule has 110 valence electrons. The zero-order valence-electron chi connectivity index (χ0n) is 12.7. The van der Waals surface area contributed by atoms with Gasteiger partial charge in [0, 0.05) is 16.2 Å². The topological polar surface area (TPSA) is 42.0 Å². The van der Waals surface area contributed by atoms with Gasteiger partial charge in [-0.15, -0.1) is 0 Å². The van der Waals surface area contributed by atoms with E-state index in [0.717, 1.165) is 10.0 Å². The van der Waals surface area contributed by atoms with Crippen molar-refractivity contribution in [3.63, 3.8) is 0 Å². The molecule has 0 aliphatic heterocycles. The number of nitrogens with zero attached hydrogens (tertiary/aromatic N) is 1. The highest BCUT2D eigenvalue weighted by atomic mass is 79.9. The van der Waals surface area contributed by atoms with Gasteiger partial charge in [0.05, 0.1) is 0 Å². The van der Waals surface area contributed by atoms with E-state index in [1.165, 1.54) is 5.56 Å². The summed E-state index contributed by atoms with van der Waals surface area (Å²) in [6, 6.07) is 9.53. The van der Waals surface area contributed by atoms with Gasteiger partial charge < -0.3 is 5.32 Å². The molecule has 0 aliphatic carbocycles. The van der Waals surface area contributed by atoms with E-state index in [2.05, 4.69) is 47.0 Å². The summed E-state index contributed by atoms with van der Waals surface area (Å²) in [4.78, 5) is 16.4. The molecule has 0 unspecified atom stereocenters. The van der Waals surface area contributed by atoms with Gasteiger partial charge in [-0.25, -0.2) is 4.98 Å². The zero-order chi connectivity index (χ0) is 15.6. The van der Waals surface area contributed by atoms with Crippen molar-refractivity contribution in [2.75, 3.05) is 5.32 Å². The van der Waals surface area contributed by atoms with Gasteiger partial charge in [-0.3, -0.25) is 4.79 Å². The average molecular weight is 347 g/mol. The van der Waals surface area contributed by atoms with Crippen LogP contribution in [0, 0.1) is 6.92 Å². The molecule has 21 heavy (non-hydrogen) atoms. The maximum atomic E-state index is 12.2. The van der Waals surface area contributed by atoms with E-state index in [0.29, 0.717) is 11.4 Å². The summed E-state index contributed by atoms with van der Waals surface area (Å²) in [5.74, 6) is 0.408. The van der Waals surface area contributed by atoms with Crippen molar-refractivity contribution in [3.05, 3.63) is 57.7 Å². The lowest BCUT2D eigenvalue weighted by Crippen LogP contribution is -2.15. The molecule has 0 saturated heterocycles. The van der Waals surface area contributed by atoms with Crippen molar-refractivity contribution < 1.29 is 4.79 Å². The molecule has 0 atom stereocenters. The fraction of sp³-hybridized carbons (Fsp3) is 0.294. The molecule has 0 fully saturated rings. The molecule has 2 rings (SSSR count). The van der Waals surface area contributed by atoms with Crippen LogP contribution < -0.4 is 5.32 Å². The SMILES string of the molecule is Cc1cc(NC(=O)c2ccc(C(C)(C)C)cc2)ncc1Br. The summed E-state index contributed by atoms with van der Waals surface area (Å²) < 4.78 is 0.926. The van der Waals surface area contributed by atoms with Crippen LogP contribution in [0.1, 0.15) is 42.3 Å². The molecule has 0 aliphatic rings. The number of anilines is 1. The number of halogens is 1. The van der Waals surface area contributed by atoms with Crippen LogP contribution in [-0.2, 0) is 5.41 Å². The monoisotopic (exact) mass is 346 g/mol. The second-order valence-electron chi connectivity index (χ2n) is 6.10. The van der Waals surface area contributed by atoms with Crippen molar-refractivity contribution in [2.45, 2.75) is 33.1 Å². The second-order valence-corrected chi connectivity index (χ2v) is 6.95. The summed E-state index contributed by atoms with van der Waals surface area (Å²) in [6.45, 7) is 8.41. The van der Waals surface area contributed by atoms with Crippen LogP contribution in [-0.4, -0.2) is 10.9 Å². The molecular formula is C17H19BrN2O. The summed E-state index contributed by atoms with van der Waals surface area (Å²) in [5, 5.41) is 2.81. The number of aromatic nitrogens is 1. The molecule has 2 aromatic rings. The number of aryl methyl sites for hydroxylation is 1. The Morgan fingerprint density at radius 2 is 1.81 bits per heavy atom. The van der Waals surface area contributed by atoms with E-state index in [1.807, 2.05) is 37.3 Å². The predicted molar refractivity (Wildman–Crippen MR) is 89.8 cm³/mol. The maximum absolute atomic E-state index is 12.2. The van der Waals surface area contributed by atoms with E-state index < -0.39 is 0 Å². The van der Waals surface area contributed by atoms with Crippen molar-refractivity contribution >= 4 is 27.7 Å². The highest BCUT2D eigenvalue weighted by molar-refractivity contribution is 9.10. The number of benzene rings is 1. The van der Waals surface area contributed by atoms with E-state index in [9.17, 15) is 4.79 Å². The van der Waals surface area contributed by atoms with Crippen LogP contribution in [0.15, 0.2) is 41.0 Å². The third kappa shape index (κ3) is 3.91. The number of pyridine rings is 1. The van der Waals surface area contributed by atoms with Gasteiger partial charge in [0.25, 0.3) is 5.91 Å². The van der Waals surface area contributed by atoms with Gasteiger partial charge in [0.2, 0.25) is 0 Å². The predicted octanol–water partition coefficient (Wildman–Crippen LogP) is 4.70. The van der Waals surface area contributed by atoms with Gasteiger partial charge in [-0.05, 0) is 57.6 Å². The number of carbonyl (C=O) groups is 1. The quantitative estimate of drug-likeness (QED) is 0.855. The fourth-order valence-electron chi connectivity index (χ4n) is 1.92. The number of hydrogen-bond acceptors (Lipinski definition) is 2. The van der Waals surface area contributed by atoms with E-state index in [1.54, 1.807) is 6.20 Å². The molecule has 1 amide bonds. The van der Waals surface area contributed by atoms with Crippen LogP contribution in [0.25, 0.3) is 0 Å². The van der Waals surface area contributed by atoms with Gasteiger partial charge in [0.15, 0.2) is 0 Å². The van der Waals surface area contributed by atoms with Gasteiger partial charge >= 0.3 is 0 Å². The lowest BCUT2D eigenvalue weighted by atomic mass is 9.87. The van der Waals surface area contributed by atoms with E-state index in [-0.39, 0.29) is 11.3 Å². The Bertz CT molecular complexity index is 657. The van der Waals surface area contributed by atoms with Crippen molar-refractivity contribution in [2.24, 2.45) is 0 Å². The number of rotatable bonds is 2. The van der Waals surface area contributed by atoms with Gasteiger partial charge in [-0.1, -0.05) is 32.9 Å². The summed E-state index contributed by atoms with van der Waals surface area (Å²) in [7, 11) is 0. The first-order valence-corrected chi connectivity index (χ1v) is 7.61. The minimum Gasteiger partial charge on any atom is -0.307 e. The highest BCUT2D eigenvalue weighted by Crippen LogP contribution is 2.22. The van der Waals surface area contributed by atoms with Gasteiger partial charge in [0.1, 0.15) is 5.82 Å². The Hall–Kier alpha value is -1.68. The fourth-order valence-corrected chi connectivity index (χ4v) is 2.13. The van der Waals surface area contributed by atoms with Gasteiger partial charge in [-0.2, -0.15) is 0 Å². The summed E-state index contributed by atoms with van der Waals surface area (Å²) in [5.41, 5.74) is 2.95. The molecule has 0 radical (unpaired) electrons. The number of carbonyl (C=O) groups excluding carboxylic acids is 1. The first kappa shape index (κ1) is 15.7. The number of nitrogens with one attached hydrogen (secondary N) is 1. The maximum Gasteiger partial charge on any atom is 0.256 e. The third-order valence-electron chi connectivity index (χ3n) is 3.30. The summed E-state index contributed by atoms with van der Waals surface area (Å²) >= 11 is 3.39. The van der Waals surface area contributed by atoms with Crippen LogP contribution in [0.3, 0.4) is 0 Å². The minimum atomic E-state index is -0.148. The van der Waals surface area contributed by atoms with Crippen LogP contribution in [0.5, 0.6) is 0 Å². The second kappa shape index (κ2) is 5.98. The first-order valence-electron chi connectivity index (χ1n) is 6.81. The number of hydrogen-bond donors (Lipinski definition) is 1. The molecule has 0 bridgehead atoms. The minimum absolute atomic E-state index is 0.0827. The lowest BCUT2D eigenvalue weighted by molar-refractivity contribution is 0.102. The molecule has 1 aromatic carbocycles. The Labute approximate surface area is 133 Å². The van der Waals surface area contributed by atoms with Crippen molar-refractivity contribution in [1.82, 2.24) is 4.98 Å². The van der Waals surface area contributed by atoms with E-state index >= 15 is 0 Å². The largest absolute Gasteiger partial charge is 0.307 e. The first-order chi connectivity index (χ1) is 9.77. The Balaban J connectivity index is 2.15. The molecule has 0 spiro atoms.